The van der Waals surface area contributed by atoms with Gasteiger partial charge in [0.05, 0.1) is 18.5 Å². The van der Waals surface area contributed by atoms with Crippen molar-refractivity contribution in [1.82, 2.24) is 9.88 Å². The molecule has 1 aliphatic carbocycles. The van der Waals surface area contributed by atoms with Crippen LogP contribution in [0.1, 0.15) is 37.7 Å². The molecule has 26 heavy (non-hydrogen) atoms. The summed E-state index contributed by atoms with van der Waals surface area (Å²) in [6.45, 7) is 3.46. The molecule has 0 amide bonds. The van der Waals surface area contributed by atoms with E-state index in [1.54, 1.807) is 13.3 Å². The van der Waals surface area contributed by atoms with Gasteiger partial charge in [-0.05, 0) is 61.1 Å². The standard InChI is InChI=1S/C22H29N3O/c1-26-21-9-8-16(13-19(21)22-20(23)7-4-11-24-22)14-25-12-10-17-5-2-3-6-18(17)15-25/h4,7-9,11,13,17-18H,2-3,5-6,10,12,14-15,23H2,1H3/t17-,18-/m0/s1. The van der Waals surface area contributed by atoms with Crippen molar-refractivity contribution in [2.75, 3.05) is 25.9 Å². The van der Waals surface area contributed by atoms with Crippen molar-refractivity contribution < 1.29 is 4.74 Å². The largest absolute Gasteiger partial charge is 0.496 e. The summed E-state index contributed by atoms with van der Waals surface area (Å²) in [5.41, 5.74) is 9.93. The second-order valence-corrected chi connectivity index (χ2v) is 7.80. The Labute approximate surface area is 156 Å². The second kappa shape index (κ2) is 7.67. The molecule has 2 aromatic rings. The van der Waals surface area contributed by atoms with Crippen LogP contribution in [-0.2, 0) is 6.54 Å². The number of ether oxygens (including phenoxy) is 1. The number of nitrogen functional groups attached to an aromatic ring is 1. The molecule has 138 valence electrons. The molecular weight excluding hydrogens is 322 g/mol. The summed E-state index contributed by atoms with van der Waals surface area (Å²) in [7, 11) is 1.70. The Balaban J connectivity index is 1.54. The number of pyridine rings is 1. The van der Waals surface area contributed by atoms with Crippen molar-refractivity contribution in [2.45, 2.75) is 38.6 Å². The fourth-order valence-corrected chi connectivity index (χ4v) is 4.76. The normalized spacial score (nSPS) is 23.4. The Hall–Kier alpha value is -2.07. The summed E-state index contributed by atoms with van der Waals surface area (Å²) in [5, 5.41) is 0. The second-order valence-electron chi connectivity index (χ2n) is 7.80. The first-order valence-electron chi connectivity index (χ1n) is 9.84. The lowest BCUT2D eigenvalue weighted by Gasteiger charge is -2.41. The van der Waals surface area contributed by atoms with Crippen molar-refractivity contribution in [3.05, 3.63) is 42.1 Å². The highest BCUT2D eigenvalue weighted by molar-refractivity contribution is 5.77. The van der Waals surface area contributed by atoms with Crippen LogP contribution in [0.5, 0.6) is 5.75 Å². The van der Waals surface area contributed by atoms with Crippen molar-refractivity contribution >= 4 is 5.69 Å². The van der Waals surface area contributed by atoms with Gasteiger partial charge in [0.25, 0.3) is 0 Å². The van der Waals surface area contributed by atoms with Gasteiger partial charge in [0.15, 0.2) is 0 Å². The highest BCUT2D eigenvalue weighted by atomic mass is 16.5. The molecule has 2 atom stereocenters. The van der Waals surface area contributed by atoms with Gasteiger partial charge in [0.2, 0.25) is 0 Å². The minimum atomic E-state index is 0.686. The zero-order valence-electron chi connectivity index (χ0n) is 15.7. The van der Waals surface area contributed by atoms with E-state index < -0.39 is 0 Å². The fraction of sp³-hybridized carbons (Fsp3) is 0.500. The van der Waals surface area contributed by atoms with E-state index in [1.807, 2.05) is 18.2 Å². The quantitative estimate of drug-likeness (QED) is 0.890. The predicted molar refractivity (Wildman–Crippen MR) is 106 cm³/mol. The van der Waals surface area contributed by atoms with Gasteiger partial charge in [-0.2, -0.15) is 0 Å². The van der Waals surface area contributed by atoms with Crippen LogP contribution in [0.4, 0.5) is 5.69 Å². The molecule has 0 bridgehead atoms. The maximum atomic E-state index is 6.16. The topological polar surface area (TPSA) is 51.4 Å². The van der Waals surface area contributed by atoms with Gasteiger partial charge in [0.1, 0.15) is 5.75 Å². The van der Waals surface area contributed by atoms with E-state index in [1.165, 1.54) is 50.8 Å². The number of likely N-dealkylation sites (tertiary alicyclic amines) is 1. The highest BCUT2D eigenvalue weighted by Crippen LogP contribution is 2.37. The van der Waals surface area contributed by atoms with Crippen LogP contribution >= 0.6 is 0 Å². The number of hydrogen-bond acceptors (Lipinski definition) is 4. The highest BCUT2D eigenvalue weighted by Gasteiger charge is 2.31. The zero-order valence-corrected chi connectivity index (χ0v) is 15.7. The van der Waals surface area contributed by atoms with E-state index in [9.17, 15) is 0 Å². The van der Waals surface area contributed by atoms with Crippen LogP contribution in [0.15, 0.2) is 36.5 Å². The molecule has 0 unspecified atom stereocenters. The van der Waals surface area contributed by atoms with Gasteiger partial charge in [-0.3, -0.25) is 9.88 Å². The van der Waals surface area contributed by atoms with Crippen molar-refractivity contribution in [2.24, 2.45) is 11.8 Å². The molecule has 1 saturated heterocycles. The van der Waals surface area contributed by atoms with Crippen LogP contribution in [-0.4, -0.2) is 30.1 Å². The molecule has 1 aromatic heterocycles. The Bertz CT molecular complexity index is 761. The molecule has 0 spiro atoms. The SMILES string of the molecule is COc1ccc(CN2CC[C@@H]3CCCC[C@H]3C2)cc1-c1ncccc1N. The van der Waals surface area contributed by atoms with Crippen LogP contribution in [0.2, 0.25) is 0 Å². The summed E-state index contributed by atoms with van der Waals surface area (Å²) >= 11 is 0. The van der Waals surface area contributed by atoms with Crippen molar-refractivity contribution in [1.29, 1.82) is 0 Å². The minimum Gasteiger partial charge on any atom is -0.496 e. The predicted octanol–water partition coefficient (Wildman–Crippen LogP) is 4.35. The first-order chi connectivity index (χ1) is 12.7. The van der Waals surface area contributed by atoms with Gasteiger partial charge in [-0.25, -0.2) is 0 Å². The van der Waals surface area contributed by atoms with E-state index in [2.05, 4.69) is 22.0 Å². The number of rotatable bonds is 4. The maximum absolute atomic E-state index is 6.16. The number of benzene rings is 1. The van der Waals surface area contributed by atoms with E-state index >= 15 is 0 Å². The van der Waals surface area contributed by atoms with Crippen LogP contribution in [0, 0.1) is 11.8 Å². The number of aromatic nitrogens is 1. The number of piperidine rings is 1. The summed E-state index contributed by atoms with van der Waals surface area (Å²) in [6, 6.07) is 10.2. The fourth-order valence-electron chi connectivity index (χ4n) is 4.76. The third kappa shape index (κ3) is 3.56. The Morgan fingerprint density at radius 3 is 2.81 bits per heavy atom. The lowest BCUT2D eigenvalue weighted by Crippen LogP contribution is -2.41. The molecule has 2 aliphatic rings. The molecule has 2 N–H and O–H groups in total. The van der Waals surface area contributed by atoms with Gasteiger partial charge in [-0.15, -0.1) is 0 Å². The van der Waals surface area contributed by atoms with Crippen LogP contribution < -0.4 is 10.5 Å². The van der Waals surface area contributed by atoms with E-state index in [-0.39, 0.29) is 0 Å². The maximum Gasteiger partial charge on any atom is 0.128 e. The van der Waals surface area contributed by atoms with Crippen molar-refractivity contribution in [3.63, 3.8) is 0 Å². The first-order valence-corrected chi connectivity index (χ1v) is 9.84. The molecule has 2 fully saturated rings. The van der Waals surface area contributed by atoms with Gasteiger partial charge >= 0.3 is 0 Å². The molecule has 4 rings (SSSR count). The first kappa shape index (κ1) is 17.3. The molecule has 2 heterocycles. The van der Waals surface area contributed by atoms with Gasteiger partial charge < -0.3 is 10.5 Å². The van der Waals surface area contributed by atoms with Gasteiger partial charge in [0, 0.05) is 24.8 Å². The molecule has 4 nitrogen and oxygen atoms in total. The Morgan fingerprint density at radius 1 is 1.15 bits per heavy atom. The number of anilines is 1. The van der Waals surface area contributed by atoms with Gasteiger partial charge in [-0.1, -0.05) is 25.3 Å². The summed E-state index contributed by atoms with van der Waals surface area (Å²) < 4.78 is 5.56. The number of methoxy groups -OCH3 is 1. The molecule has 4 heteroatoms. The molecule has 1 saturated carbocycles. The lowest BCUT2D eigenvalue weighted by atomic mass is 9.75. The molecule has 1 aliphatic heterocycles. The average molecular weight is 351 g/mol. The average Bonchev–Trinajstić information content (AvgIpc) is 2.68. The number of nitrogens with zero attached hydrogens (tertiary/aromatic N) is 2. The Morgan fingerprint density at radius 2 is 2.00 bits per heavy atom. The molecule has 0 radical (unpaired) electrons. The zero-order chi connectivity index (χ0) is 17.9. The number of hydrogen-bond donors (Lipinski definition) is 1. The number of nitrogens with two attached hydrogens (primary N) is 1. The Kier molecular flexibility index (Phi) is 5.11. The minimum absolute atomic E-state index is 0.686. The summed E-state index contributed by atoms with van der Waals surface area (Å²) in [6.07, 6.45) is 8.87. The van der Waals surface area contributed by atoms with E-state index in [4.69, 9.17) is 10.5 Å². The van der Waals surface area contributed by atoms with E-state index in [0.29, 0.717) is 5.69 Å². The monoisotopic (exact) mass is 351 g/mol. The van der Waals surface area contributed by atoms with Crippen molar-refractivity contribution in [3.8, 4) is 17.0 Å². The van der Waals surface area contributed by atoms with Crippen LogP contribution in [0.25, 0.3) is 11.3 Å². The number of fused-ring (bicyclic) bond motifs is 1. The summed E-state index contributed by atoms with van der Waals surface area (Å²) in [5.74, 6) is 2.70. The smallest absolute Gasteiger partial charge is 0.128 e. The third-order valence-electron chi connectivity index (χ3n) is 6.14. The van der Waals surface area contributed by atoms with E-state index in [0.717, 1.165) is 35.4 Å². The third-order valence-corrected chi connectivity index (χ3v) is 6.14. The molecule has 1 aromatic carbocycles. The van der Waals surface area contributed by atoms with Crippen LogP contribution in [0.3, 0.4) is 0 Å². The lowest BCUT2D eigenvalue weighted by molar-refractivity contribution is 0.0820. The molecular formula is C22H29N3O. The summed E-state index contributed by atoms with van der Waals surface area (Å²) in [4.78, 5) is 7.11.